The fourth-order valence-electron chi connectivity index (χ4n) is 1.36. The van der Waals surface area contributed by atoms with Crippen LogP contribution in [-0.4, -0.2) is 25.3 Å². The zero-order valence-electron chi connectivity index (χ0n) is 8.55. The molecule has 0 spiro atoms. The molecule has 0 aliphatic carbocycles. The molecule has 0 saturated carbocycles. The Labute approximate surface area is 89.7 Å². The van der Waals surface area contributed by atoms with Crippen LogP contribution in [0.4, 0.5) is 0 Å². The Morgan fingerprint density at radius 1 is 1.47 bits per heavy atom. The first-order valence-electron chi connectivity index (χ1n) is 4.63. The molecular weight excluding hydrogens is 214 g/mol. The van der Waals surface area contributed by atoms with Gasteiger partial charge in [-0.15, -0.1) is 0 Å². The molecule has 1 aromatic carbocycles. The summed E-state index contributed by atoms with van der Waals surface area (Å²) < 4.78 is 23.1. The molecule has 0 fully saturated rings. The third-order valence-corrected chi connectivity index (χ3v) is 3.62. The number of benzene rings is 1. The van der Waals surface area contributed by atoms with Gasteiger partial charge in [0.1, 0.15) is 5.75 Å². The summed E-state index contributed by atoms with van der Waals surface area (Å²) in [5, 5.41) is 9.17. The van der Waals surface area contributed by atoms with Gasteiger partial charge in [0.2, 0.25) is 0 Å². The molecule has 4 nitrogen and oxygen atoms in total. The van der Waals surface area contributed by atoms with Crippen molar-refractivity contribution in [2.75, 3.05) is 5.75 Å². The minimum atomic E-state index is -3.19. The topological polar surface area (TPSA) is 80.4 Å². The lowest BCUT2D eigenvalue weighted by molar-refractivity contribution is 0.475. The SMILES string of the molecule is CC(N)CS(=O)(=O)Cc1cccc(O)c1. The lowest BCUT2D eigenvalue weighted by atomic mass is 10.2. The maximum Gasteiger partial charge on any atom is 0.155 e. The number of aromatic hydroxyl groups is 1. The molecule has 1 aromatic rings. The lowest BCUT2D eigenvalue weighted by Crippen LogP contribution is -2.26. The minimum absolute atomic E-state index is 0.0390. The molecule has 0 bridgehead atoms. The molecule has 1 atom stereocenters. The van der Waals surface area contributed by atoms with E-state index in [4.69, 9.17) is 5.73 Å². The van der Waals surface area contributed by atoms with E-state index in [-0.39, 0.29) is 23.3 Å². The Morgan fingerprint density at radius 2 is 2.13 bits per heavy atom. The second kappa shape index (κ2) is 4.63. The largest absolute Gasteiger partial charge is 0.508 e. The van der Waals surface area contributed by atoms with Crippen LogP contribution in [0.3, 0.4) is 0 Å². The van der Waals surface area contributed by atoms with E-state index in [9.17, 15) is 13.5 Å². The van der Waals surface area contributed by atoms with Gasteiger partial charge in [0.25, 0.3) is 0 Å². The van der Waals surface area contributed by atoms with E-state index < -0.39 is 9.84 Å². The lowest BCUT2D eigenvalue weighted by Gasteiger charge is -2.07. The van der Waals surface area contributed by atoms with Crippen molar-refractivity contribution in [3.8, 4) is 5.75 Å². The Morgan fingerprint density at radius 3 is 2.67 bits per heavy atom. The highest BCUT2D eigenvalue weighted by Crippen LogP contribution is 2.14. The van der Waals surface area contributed by atoms with Crippen LogP contribution in [0.1, 0.15) is 12.5 Å². The molecule has 84 valence electrons. The second-order valence-corrected chi connectivity index (χ2v) is 5.81. The second-order valence-electron chi connectivity index (χ2n) is 3.70. The number of sulfone groups is 1. The first-order chi connectivity index (χ1) is 6.89. The molecule has 0 saturated heterocycles. The molecule has 0 aromatic heterocycles. The van der Waals surface area contributed by atoms with Crippen LogP contribution >= 0.6 is 0 Å². The molecular formula is C10H15NO3S. The third kappa shape index (κ3) is 4.31. The van der Waals surface area contributed by atoms with Crippen molar-refractivity contribution >= 4 is 9.84 Å². The summed E-state index contributed by atoms with van der Waals surface area (Å²) in [6.45, 7) is 1.65. The fraction of sp³-hybridized carbons (Fsp3) is 0.400. The minimum Gasteiger partial charge on any atom is -0.508 e. The fourth-order valence-corrected chi connectivity index (χ4v) is 2.97. The van der Waals surface area contributed by atoms with Crippen molar-refractivity contribution in [3.63, 3.8) is 0 Å². The smallest absolute Gasteiger partial charge is 0.155 e. The van der Waals surface area contributed by atoms with Gasteiger partial charge in [-0.2, -0.15) is 0 Å². The first kappa shape index (κ1) is 12.0. The van der Waals surface area contributed by atoms with E-state index in [2.05, 4.69) is 0 Å². The van der Waals surface area contributed by atoms with E-state index in [1.54, 1.807) is 19.1 Å². The average Bonchev–Trinajstić information content (AvgIpc) is 1.99. The number of nitrogens with two attached hydrogens (primary N) is 1. The van der Waals surface area contributed by atoms with Gasteiger partial charge in [-0.25, -0.2) is 8.42 Å². The van der Waals surface area contributed by atoms with Crippen molar-refractivity contribution in [1.82, 2.24) is 0 Å². The van der Waals surface area contributed by atoms with Crippen LogP contribution in [0.15, 0.2) is 24.3 Å². The number of phenols is 1. The molecule has 0 amide bonds. The predicted molar refractivity (Wildman–Crippen MR) is 59.2 cm³/mol. The van der Waals surface area contributed by atoms with Gasteiger partial charge < -0.3 is 10.8 Å². The van der Waals surface area contributed by atoms with Gasteiger partial charge in [0, 0.05) is 6.04 Å². The summed E-state index contributed by atoms with van der Waals surface area (Å²) in [5.41, 5.74) is 6.01. The highest BCUT2D eigenvalue weighted by atomic mass is 32.2. The average molecular weight is 229 g/mol. The van der Waals surface area contributed by atoms with E-state index >= 15 is 0 Å². The van der Waals surface area contributed by atoms with Crippen LogP contribution in [0.25, 0.3) is 0 Å². The van der Waals surface area contributed by atoms with Crippen molar-refractivity contribution in [3.05, 3.63) is 29.8 Å². The Hall–Kier alpha value is -1.07. The standard InChI is InChI=1S/C10H15NO3S/c1-8(11)6-15(13,14)7-9-3-2-4-10(12)5-9/h2-5,8,12H,6-7,11H2,1H3. The molecule has 0 aliphatic rings. The highest BCUT2D eigenvalue weighted by molar-refractivity contribution is 7.90. The van der Waals surface area contributed by atoms with Crippen molar-refractivity contribution in [2.45, 2.75) is 18.7 Å². The Bertz CT molecular complexity index is 426. The van der Waals surface area contributed by atoms with Gasteiger partial charge >= 0.3 is 0 Å². The first-order valence-corrected chi connectivity index (χ1v) is 6.45. The molecule has 3 N–H and O–H groups in total. The summed E-state index contributed by atoms with van der Waals surface area (Å²) in [4.78, 5) is 0. The van der Waals surface area contributed by atoms with Crippen LogP contribution in [-0.2, 0) is 15.6 Å². The molecule has 15 heavy (non-hydrogen) atoms. The normalized spacial score (nSPS) is 13.7. The van der Waals surface area contributed by atoms with Crippen molar-refractivity contribution in [2.24, 2.45) is 5.73 Å². The van der Waals surface area contributed by atoms with Gasteiger partial charge in [0.05, 0.1) is 11.5 Å². The molecule has 0 heterocycles. The number of hydrogen-bond acceptors (Lipinski definition) is 4. The number of phenolic OH excluding ortho intramolecular Hbond substituents is 1. The van der Waals surface area contributed by atoms with Crippen molar-refractivity contribution < 1.29 is 13.5 Å². The quantitative estimate of drug-likeness (QED) is 0.794. The maximum atomic E-state index is 11.6. The van der Waals surface area contributed by atoms with Crippen molar-refractivity contribution in [1.29, 1.82) is 0 Å². The zero-order chi connectivity index (χ0) is 11.5. The Balaban J connectivity index is 2.78. The monoisotopic (exact) mass is 229 g/mol. The molecule has 5 heteroatoms. The molecule has 1 unspecified atom stereocenters. The van der Waals surface area contributed by atoms with Gasteiger partial charge in [-0.3, -0.25) is 0 Å². The zero-order valence-corrected chi connectivity index (χ0v) is 9.37. The summed E-state index contributed by atoms with van der Waals surface area (Å²) in [6.07, 6.45) is 0. The predicted octanol–water partition coefficient (Wildman–Crippen LogP) is 0.654. The maximum absolute atomic E-state index is 11.6. The van der Waals surface area contributed by atoms with Gasteiger partial charge in [-0.1, -0.05) is 12.1 Å². The highest BCUT2D eigenvalue weighted by Gasteiger charge is 2.14. The van der Waals surface area contributed by atoms with Crippen LogP contribution < -0.4 is 5.73 Å². The van der Waals surface area contributed by atoms with Gasteiger partial charge in [-0.05, 0) is 24.6 Å². The summed E-state index contributed by atoms with van der Waals surface area (Å²) in [6, 6.07) is 5.86. The van der Waals surface area contributed by atoms with E-state index in [0.717, 1.165) is 0 Å². The van der Waals surface area contributed by atoms with Gasteiger partial charge in [0.15, 0.2) is 9.84 Å². The summed E-state index contributed by atoms with van der Waals surface area (Å²) in [7, 11) is -3.19. The van der Waals surface area contributed by atoms with E-state index in [1.807, 2.05) is 0 Å². The molecule has 0 radical (unpaired) electrons. The summed E-state index contributed by atoms with van der Waals surface area (Å²) in [5.74, 6) is -0.0468. The molecule has 1 rings (SSSR count). The number of rotatable bonds is 4. The van der Waals surface area contributed by atoms with Crippen LogP contribution in [0, 0.1) is 0 Å². The number of hydrogen-bond donors (Lipinski definition) is 2. The summed E-state index contributed by atoms with van der Waals surface area (Å²) >= 11 is 0. The van der Waals surface area contributed by atoms with E-state index in [0.29, 0.717) is 5.56 Å². The third-order valence-electron chi connectivity index (χ3n) is 1.81. The van der Waals surface area contributed by atoms with Crippen LogP contribution in [0.2, 0.25) is 0 Å². The Kier molecular flexibility index (Phi) is 3.71. The van der Waals surface area contributed by atoms with Crippen LogP contribution in [0.5, 0.6) is 5.75 Å². The van der Waals surface area contributed by atoms with E-state index in [1.165, 1.54) is 12.1 Å². The molecule has 0 aliphatic heterocycles.